The molecule has 2 aromatic rings. The zero-order chi connectivity index (χ0) is 13.3. The van der Waals surface area contributed by atoms with Crippen molar-refractivity contribution in [1.82, 2.24) is 9.78 Å². The van der Waals surface area contributed by atoms with Crippen molar-refractivity contribution < 1.29 is 0 Å². The summed E-state index contributed by atoms with van der Waals surface area (Å²) in [5.74, 6) is 0.908. The van der Waals surface area contributed by atoms with Crippen molar-refractivity contribution in [1.29, 1.82) is 0 Å². The highest BCUT2D eigenvalue weighted by Crippen LogP contribution is 2.29. The summed E-state index contributed by atoms with van der Waals surface area (Å²) in [6.07, 6.45) is 0.855. The van der Waals surface area contributed by atoms with E-state index in [1.54, 1.807) is 11.3 Å². The third kappa shape index (κ3) is 2.36. The van der Waals surface area contributed by atoms with Gasteiger partial charge in [0.1, 0.15) is 5.82 Å². The van der Waals surface area contributed by atoms with E-state index in [9.17, 15) is 0 Å². The largest absolute Gasteiger partial charge is 0.394 e. The van der Waals surface area contributed by atoms with E-state index < -0.39 is 0 Å². The molecule has 0 aliphatic heterocycles. The van der Waals surface area contributed by atoms with Crippen molar-refractivity contribution in [3.63, 3.8) is 0 Å². The monoisotopic (exact) mass is 264 g/mol. The Kier molecular flexibility index (Phi) is 3.61. The Labute approximate surface area is 112 Å². The van der Waals surface area contributed by atoms with Crippen molar-refractivity contribution in [3.8, 4) is 0 Å². The molecule has 5 heteroatoms. The summed E-state index contributed by atoms with van der Waals surface area (Å²) >= 11 is 1.81. The van der Waals surface area contributed by atoms with Crippen LogP contribution in [0.1, 0.15) is 35.3 Å². The van der Waals surface area contributed by atoms with Gasteiger partial charge in [-0.05, 0) is 32.4 Å². The molecule has 18 heavy (non-hydrogen) atoms. The van der Waals surface area contributed by atoms with Gasteiger partial charge in [0.2, 0.25) is 0 Å². The number of nitrogens with two attached hydrogens (primary N) is 1. The molecular weight excluding hydrogens is 244 g/mol. The normalized spacial score (nSPS) is 12.7. The van der Waals surface area contributed by atoms with E-state index in [1.165, 1.54) is 9.75 Å². The van der Waals surface area contributed by atoms with Crippen molar-refractivity contribution in [2.24, 2.45) is 7.05 Å². The van der Waals surface area contributed by atoms with E-state index in [4.69, 9.17) is 5.73 Å². The first-order valence-electron chi connectivity index (χ1n) is 6.17. The number of nitrogens with zero attached hydrogens (tertiary/aromatic N) is 2. The van der Waals surface area contributed by atoms with Crippen LogP contribution in [0.4, 0.5) is 11.5 Å². The summed E-state index contributed by atoms with van der Waals surface area (Å²) in [6, 6.07) is 4.54. The van der Waals surface area contributed by atoms with Crippen LogP contribution in [0.5, 0.6) is 0 Å². The lowest BCUT2D eigenvalue weighted by atomic mass is 10.2. The van der Waals surface area contributed by atoms with Crippen LogP contribution < -0.4 is 11.1 Å². The molecule has 0 saturated carbocycles. The Morgan fingerprint density at radius 1 is 1.50 bits per heavy atom. The van der Waals surface area contributed by atoms with Gasteiger partial charge in [-0.2, -0.15) is 5.10 Å². The lowest BCUT2D eigenvalue weighted by molar-refractivity contribution is 0.736. The lowest BCUT2D eigenvalue weighted by Crippen LogP contribution is -2.10. The Bertz CT molecular complexity index is 541. The number of aromatic nitrogens is 2. The summed E-state index contributed by atoms with van der Waals surface area (Å²) in [5, 5.41) is 7.86. The number of nitrogens with one attached hydrogen (secondary N) is 1. The molecule has 0 aliphatic carbocycles. The second kappa shape index (κ2) is 5.02. The minimum absolute atomic E-state index is 0.242. The topological polar surface area (TPSA) is 55.9 Å². The number of aryl methyl sites for hydroxylation is 3. The summed E-state index contributed by atoms with van der Waals surface area (Å²) in [7, 11) is 1.92. The predicted octanol–water partition coefficient (Wildman–Crippen LogP) is 3.11. The maximum absolute atomic E-state index is 6.10. The van der Waals surface area contributed by atoms with E-state index in [0.29, 0.717) is 0 Å². The van der Waals surface area contributed by atoms with E-state index >= 15 is 0 Å². The molecule has 2 aromatic heterocycles. The van der Waals surface area contributed by atoms with E-state index in [2.05, 4.69) is 43.3 Å². The fraction of sp³-hybridized carbons (Fsp3) is 0.462. The van der Waals surface area contributed by atoms with Crippen LogP contribution in [-0.2, 0) is 13.5 Å². The highest BCUT2D eigenvalue weighted by atomic mass is 32.1. The van der Waals surface area contributed by atoms with E-state index in [-0.39, 0.29) is 6.04 Å². The molecule has 98 valence electrons. The number of rotatable bonds is 4. The zero-order valence-electron chi connectivity index (χ0n) is 11.3. The standard InChI is InChI=1S/C13H20N4S/c1-5-10-12(14)13(17(4)16-10)15-9(3)11-7-6-8(2)18-11/h6-7,9,15H,5,14H2,1-4H3. The molecule has 0 fully saturated rings. The second-order valence-corrected chi connectivity index (χ2v) is 5.82. The molecule has 2 heterocycles. The third-order valence-corrected chi connectivity index (χ3v) is 4.22. The van der Waals surface area contributed by atoms with Gasteiger partial charge in [0.25, 0.3) is 0 Å². The quantitative estimate of drug-likeness (QED) is 0.892. The number of hydrogen-bond donors (Lipinski definition) is 2. The molecule has 0 aromatic carbocycles. The van der Waals surface area contributed by atoms with Gasteiger partial charge in [0, 0.05) is 16.8 Å². The summed E-state index contributed by atoms with van der Waals surface area (Å²) in [6.45, 7) is 6.33. The Hall–Kier alpha value is -1.49. The number of nitrogen functional groups attached to an aromatic ring is 1. The molecule has 1 atom stereocenters. The average Bonchev–Trinajstić information content (AvgIpc) is 2.87. The summed E-state index contributed by atoms with van der Waals surface area (Å²) < 4.78 is 1.82. The molecule has 0 spiro atoms. The van der Waals surface area contributed by atoms with Crippen molar-refractivity contribution >= 4 is 22.8 Å². The van der Waals surface area contributed by atoms with Gasteiger partial charge in [-0.15, -0.1) is 11.3 Å². The third-order valence-electron chi connectivity index (χ3n) is 3.04. The van der Waals surface area contributed by atoms with Gasteiger partial charge in [-0.25, -0.2) is 0 Å². The summed E-state index contributed by atoms with van der Waals surface area (Å²) in [4.78, 5) is 2.64. The molecule has 2 rings (SSSR count). The van der Waals surface area contributed by atoms with Crippen LogP contribution in [0.15, 0.2) is 12.1 Å². The zero-order valence-corrected chi connectivity index (χ0v) is 12.1. The highest BCUT2D eigenvalue weighted by molar-refractivity contribution is 7.12. The molecule has 0 radical (unpaired) electrons. The molecule has 0 aliphatic rings. The Morgan fingerprint density at radius 2 is 2.22 bits per heavy atom. The molecular formula is C13H20N4S. The molecule has 0 saturated heterocycles. The fourth-order valence-electron chi connectivity index (χ4n) is 1.99. The van der Waals surface area contributed by atoms with Crippen LogP contribution in [0.2, 0.25) is 0 Å². The first-order valence-corrected chi connectivity index (χ1v) is 6.98. The number of anilines is 2. The first-order chi connectivity index (χ1) is 8.52. The predicted molar refractivity (Wildman–Crippen MR) is 78.1 cm³/mol. The van der Waals surface area contributed by atoms with Gasteiger partial charge in [0.05, 0.1) is 17.4 Å². The first kappa shape index (κ1) is 13.0. The van der Waals surface area contributed by atoms with Crippen LogP contribution in [0, 0.1) is 6.92 Å². The van der Waals surface area contributed by atoms with Crippen molar-refractivity contribution in [2.75, 3.05) is 11.1 Å². The Morgan fingerprint density at radius 3 is 2.72 bits per heavy atom. The van der Waals surface area contributed by atoms with Crippen LogP contribution >= 0.6 is 11.3 Å². The van der Waals surface area contributed by atoms with Crippen molar-refractivity contribution in [3.05, 3.63) is 27.6 Å². The molecule has 4 nitrogen and oxygen atoms in total. The summed E-state index contributed by atoms with van der Waals surface area (Å²) in [5.41, 5.74) is 7.82. The maximum atomic E-state index is 6.10. The molecule has 1 unspecified atom stereocenters. The van der Waals surface area contributed by atoms with Gasteiger partial charge >= 0.3 is 0 Å². The second-order valence-electron chi connectivity index (χ2n) is 4.50. The SMILES string of the molecule is CCc1nn(C)c(NC(C)c2ccc(C)s2)c1N. The maximum Gasteiger partial charge on any atom is 0.148 e. The lowest BCUT2D eigenvalue weighted by Gasteiger charge is -2.14. The van der Waals surface area contributed by atoms with Gasteiger partial charge in [-0.1, -0.05) is 6.92 Å². The van der Waals surface area contributed by atoms with Gasteiger partial charge in [-0.3, -0.25) is 4.68 Å². The minimum atomic E-state index is 0.242. The molecule has 0 bridgehead atoms. The minimum Gasteiger partial charge on any atom is -0.394 e. The van der Waals surface area contributed by atoms with E-state index in [0.717, 1.165) is 23.6 Å². The van der Waals surface area contributed by atoms with Crippen molar-refractivity contribution in [2.45, 2.75) is 33.2 Å². The smallest absolute Gasteiger partial charge is 0.148 e. The van der Waals surface area contributed by atoms with Gasteiger partial charge in [0.15, 0.2) is 0 Å². The number of thiophene rings is 1. The van der Waals surface area contributed by atoms with Crippen LogP contribution in [0.25, 0.3) is 0 Å². The Balaban J connectivity index is 2.21. The van der Waals surface area contributed by atoms with Gasteiger partial charge < -0.3 is 11.1 Å². The molecule has 3 N–H and O–H groups in total. The van der Waals surface area contributed by atoms with Crippen LogP contribution in [-0.4, -0.2) is 9.78 Å². The highest BCUT2D eigenvalue weighted by Gasteiger charge is 2.15. The van der Waals surface area contributed by atoms with Crippen LogP contribution in [0.3, 0.4) is 0 Å². The van der Waals surface area contributed by atoms with E-state index in [1.807, 2.05) is 11.7 Å². The molecule has 0 amide bonds. The average molecular weight is 264 g/mol. The fourth-order valence-corrected chi connectivity index (χ4v) is 2.87. The number of hydrogen-bond acceptors (Lipinski definition) is 4.